The van der Waals surface area contributed by atoms with E-state index in [0.29, 0.717) is 0 Å². The summed E-state index contributed by atoms with van der Waals surface area (Å²) in [5.74, 6) is -0.139. The molecule has 5 nitrogen and oxygen atoms in total. The minimum Gasteiger partial charge on any atom is -0.333 e. The zero-order valence-electron chi connectivity index (χ0n) is 7.72. The SMILES string of the molecule is CN.O=C1NC(=O)C2(CCCC2)N1. The number of imide groups is 1. The van der Waals surface area contributed by atoms with Crippen molar-refractivity contribution in [1.29, 1.82) is 0 Å². The van der Waals surface area contributed by atoms with Gasteiger partial charge in [0.15, 0.2) is 0 Å². The van der Waals surface area contributed by atoms with E-state index in [2.05, 4.69) is 16.4 Å². The number of rotatable bonds is 0. The van der Waals surface area contributed by atoms with Gasteiger partial charge in [-0.2, -0.15) is 0 Å². The summed E-state index contributed by atoms with van der Waals surface area (Å²) in [6, 6.07) is -0.336. The molecule has 74 valence electrons. The van der Waals surface area contributed by atoms with Crippen molar-refractivity contribution in [3.63, 3.8) is 0 Å². The molecule has 2 rings (SSSR count). The minimum absolute atomic E-state index is 0.139. The second-order valence-corrected chi connectivity index (χ2v) is 3.20. The second kappa shape index (κ2) is 3.74. The first-order chi connectivity index (χ1) is 6.23. The lowest BCUT2D eigenvalue weighted by Gasteiger charge is -2.17. The predicted octanol–water partition coefficient (Wildman–Crippen LogP) is -0.287. The Morgan fingerprint density at radius 2 is 1.77 bits per heavy atom. The van der Waals surface area contributed by atoms with Gasteiger partial charge in [0.2, 0.25) is 0 Å². The highest BCUT2D eigenvalue weighted by Gasteiger charge is 2.47. The molecule has 0 aromatic carbocycles. The lowest BCUT2D eigenvalue weighted by molar-refractivity contribution is -0.123. The predicted molar refractivity (Wildman–Crippen MR) is 48.0 cm³/mol. The molecule has 5 heteroatoms. The van der Waals surface area contributed by atoms with Crippen molar-refractivity contribution in [3.8, 4) is 0 Å². The van der Waals surface area contributed by atoms with Crippen LogP contribution in [0.15, 0.2) is 0 Å². The Kier molecular flexibility index (Phi) is 2.87. The number of hydrogen-bond donors (Lipinski definition) is 3. The number of carbonyl (C=O) groups is 2. The standard InChI is InChI=1S/C7H10N2O2.CH5N/c10-5-7(3-1-2-4-7)9-6(11)8-5;1-2/h1-4H2,(H2,8,9,10,11);2H2,1H3. The molecule has 0 aromatic heterocycles. The molecule has 2 aliphatic rings. The fourth-order valence-corrected chi connectivity index (χ4v) is 1.86. The van der Waals surface area contributed by atoms with Gasteiger partial charge in [0.25, 0.3) is 5.91 Å². The molecule has 0 aromatic rings. The Balaban J connectivity index is 0.000000396. The molecule has 4 N–H and O–H groups in total. The molecule has 1 saturated heterocycles. The number of nitrogens with two attached hydrogens (primary N) is 1. The van der Waals surface area contributed by atoms with Gasteiger partial charge < -0.3 is 11.1 Å². The number of urea groups is 1. The molecule has 3 amide bonds. The summed E-state index contributed by atoms with van der Waals surface area (Å²) in [7, 11) is 1.50. The summed E-state index contributed by atoms with van der Waals surface area (Å²) >= 11 is 0. The Morgan fingerprint density at radius 3 is 2.15 bits per heavy atom. The highest BCUT2D eigenvalue weighted by Crippen LogP contribution is 2.31. The quantitative estimate of drug-likeness (QED) is 0.453. The fraction of sp³-hybridized carbons (Fsp3) is 0.750. The van der Waals surface area contributed by atoms with Crippen LogP contribution in [0.5, 0.6) is 0 Å². The van der Waals surface area contributed by atoms with E-state index in [1.165, 1.54) is 7.05 Å². The van der Waals surface area contributed by atoms with Gasteiger partial charge in [-0.3, -0.25) is 10.1 Å². The first-order valence-electron chi connectivity index (χ1n) is 4.44. The van der Waals surface area contributed by atoms with Crippen LogP contribution in [0.25, 0.3) is 0 Å². The molecule has 0 radical (unpaired) electrons. The van der Waals surface area contributed by atoms with Crippen LogP contribution in [-0.4, -0.2) is 24.5 Å². The number of nitrogens with one attached hydrogen (secondary N) is 2. The van der Waals surface area contributed by atoms with E-state index in [9.17, 15) is 9.59 Å². The van der Waals surface area contributed by atoms with Crippen molar-refractivity contribution in [3.05, 3.63) is 0 Å². The summed E-state index contributed by atoms with van der Waals surface area (Å²) in [5, 5.41) is 4.94. The first-order valence-corrected chi connectivity index (χ1v) is 4.44. The minimum atomic E-state index is -0.531. The average Bonchev–Trinajstić information content (AvgIpc) is 2.66. The molecular weight excluding hydrogens is 170 g/mol. The molecule has 1 aliphatic carbocycles. The molecule has 2 fully saturated rings. The van der Waals surface area contributed by atoms with Gasteiger partial charge in [-0.1, -0.05) is 12.8 Å². The van der Waals surface area contributed by atoms with Crippen LogP contribution in [0.1, 0.15) is 25.7 Å². The van der Waals surface area contributed by atoms with Crippen molar-refractivity contribution in [2.75, 3.05) is 7.05 Å². The van der Waals surface area contributed by atoms with Crippen LogP contribution >= 0.6 is 0 Å². The lowest BCUT2D eigenvalue weighted by atomic mass is 9.99. The van der Waals surface area contributed by atoms with Crippen LogP contribution in [0.2, 0.25) is 0 Å². The van der Waals surface area contributed by atoms with E-state index in [1.807, 2.05) is 0 Å². The molecule has 0 unspecified atom stereocenters. The summed E-state index contributed by atoms with van der Waals surface area (Å²) in [4.78, 5) is 22.0. The summed E-state index contributed by atoms with van der Waals surface area (Å²) < 4.78 is 0. The second-order valence-electron chi connectivity index (χ2n) is 3.20. The molecule has 1 heterocycles. The fourth-order valence-electron chi connectivity index (χ4n) is 1.86. The lowest BCUT2D eigenvalue weighted by Crippen LogP contribution is -2.43. The van der Waals surface area contributed by atoms with Crippen LogP contribution < -0.4 is 16.4 Å². The third-order valence-electron chi connectivity index (χ3n) is 2.47. The van der Waals surface area contributed by atoms with Crippen molar-refractivity contribution < 1.29 is 9.59 Å². The molecule has 0 atom stereocenters. The monoisotopic (exact) mass is 185 g/mol. The van der Waals surface area contributed by atoms with Gasteiger partial charge >= 0.3 is 6.03 Å². The summed E-state index contributed by atoms with van der Waals surface area (Å²) in [6.07, 6.45) is 3.66. The smallest absolute Gasteiger partial charge is 0.322 e. The normalized spacial score (nSPS) is 23.5. The Labute approximate surface area is 77.1 Å². The van der Waals surface area contributed by atoms with Gasteiger partial charge in [0.1, 0.15) is 5.54 Å². The maximum Gasteiger partial charge on any atom is 0.322 e. The maximum atomic E-state index is 11.2. The third kappa shape index (κ3) is 1.65. The highest BCUT2D eigenvalue weighted by atomic mass is 16.2. The van der Waals surface area contributed by atoms with Gasteiger partial charge in [0.05, 0.1) is 0 Å². The number of hydrogen-bond acceptors (Lipinski definition) is 3. The van der Waals surface area contributed by atoms with E-state index in [0.717, 1.165) is 25.7 Å². The van der Waals surface area contributed by atoms with Gasteiger partial charge in [-0.05, 0) is 19.9 Å². The van der Waals surface area contributed by atoms with Crippen molar-refractivity contribution >= 4 is 11.9 Å². The van der Waals surface area contributed by atoms with Crippen LogP contribution in [0.4, 0.5) is 4.79 Å². The Hall–Kier alpha value is -1.10. The average molecular weight is 185 g/mol. The maximum absolute atomic E-state index is 11.2. The van der Waals surface area contributed by atoms with Gasteiger partial charge in [-0.25, -0.2) is 4.79 Å². The van der Waals surface area contributed by atoms with Crippen LogP contribution in [-0.2, 0) is 4.79 Å². The zero-order valence-corrected chi connectivity index (χ0v) is 7.72. The van der Waals surface area contributed by atoms with Gasteiger partial charge in [0, 0.05) is 0 Å². The topological polar surface area (TPSA) is 84.2 Å². The van der Waals surface area contributed by atoms with Crippen LogP contribution in [0, 0.1) is 0 Å². The van der Waals surface area contributed by atoms with E-state index in [-0.39, 0.29) is 11.9 Å². The van der Waals surface area contributed by atoms with Crippen molar-refractivity contribution in [2.45, 2.75) is 31.2 Å². The Bertz CT molecular complexity index is 221. The third-order valence-corrected chi connectivity index (χ3v) is 2.47. The number of amides is 3. The summed E-state index contributed by atoms with van der Waals surface area (Å²) in [5.41, 5.74) is 3.97. The van der Waals surface area contributed by atoms with E-state index in [1.54, 1.807) is 0 Å². The molecule has 0 bridgehead atoms. The van der Waals surface area contributed by atoms with E-state index < -0.39 is 5.54 Å². The van der Waals surface area contributed by atoms with Crippen molar-refractivity contribution in [2.24, 2.45) is 5.73 Å². The molecule has 1 saturated carbocycles. The first kappa shape index (κ1) is 9.98. The highest BCUT2D eigenvalue weighted by molar-refractivity contribution is 6.07. The zero-order chi connectivity index (χ0) is 9.90. The van der Waals surface area contributed by atoms with Crippen LogP contribution in [0.3, 0.4) is 0 Å². The molecule has 1 spiro atoms. The molecular formula is C8H15N3O2. The Morgan fingerprint density at radius 1 is 1.23 bits per heavy atom. The largest absolute Gasteiger partial charge is 0.333 e. The molecule has 1 aliphatic heterocycles. The van der Waals surface area contributed by atoms with E-state index >= 15 is 0 Å². The molecule has 13 heavy (non-hydrogen) atoms. The number of carbonyl (C=O) groups excluding carboxylic acids is 2. The van der Waals surface area contributed by atoms with Gasteiger partial charge in [-0.15, -0.1) is 0 Å². The summed E-state index contributed by atoms with van der Waals surface area (Å²) in [6.45, 7) is 0. The van der Waals surface area contributed by atoms with E-state index in [4.69, 9.17) is 0 Å². The van der Waals surface area contributed by atoms with Crippen molar-refractivity contribution in [1.82, 2.24) is 10.6 Å².